The topological polar surface area (TPSA) is 79.5 Å². The van der Waals surface area contributed by atoms with E-state index in [9.17, 15) is 9.59 Å². The van der Waals surface area contributed by atoms with E-state index in [1.54, 1.807) is 25.5 Å². The summed E-state index contributed by atoms with van der Waals surface area (Å²) in [5, 5.41) is 11.2. The van der Waals surface area contributed by atoms with Crippen LogP contribution in [0, 0.1) is 5.92 Å². The molecule has 0 fully saturated rings. The highest BCUT2D eigenvalue weighted by Crippen LogP contribution is 2.03. The third-order valence-corrected chi connectivity index (χ3v) is 2.25. The highest BCUT2D eigenvalue weighted by atomic mass is 16.4. The van der Waals surface area contributed by atoms with E-state index in [-0.39, 0.29) is 12.5 Å². The van der Waals surface area contributed by atoms with Crippen molar-refractivity contribution < 1.29 is 19.1 Å². The minimum atomic E-state index is -0.907. The predicted molar refractivity (Wildman–Crippen MR) is 56.8 cm³/mol. The number of rotatable bonds is 6. The first-order chi connectivity index (χ1) is 7.59. The molecule has 0 aliphatic heterocycles. The lowest BCUT2D eigenvalue weighted by Gasteiger charge is -2.07. The number of carbonyl (C=O) groups is 2. The van der Waals surface area contributed by atoms with Crippen molar-refractivity contribution in [1.82, 2.24) is 5.32 Å². The van der Waals surface area contributed by atoms with Gasteiger partial charge in [-0.15, -0.1) is 0 Å². The average molecular weight is 225 g/mol. The summed E-state index contributed by atoms with van der Waals surface area (Å²) in [5.41, 5.74) is 0.960. The van der Waals surface area contributed by atoms with Crippen LogP contribution in [0.3, 0.4) is 0 Å². The Morgan fingerprint density at radius 1 is 1.56 bits per heavy atom. The summed E-state index contributed by atoms with van der Waals surface area (Å²) in [6.07, 6.45) is 4.09. The molecule has 1 unspecified atom stereocenters. The zero-order valence-electron chi connectivity index (χ0n) is 9.10. The van der Waals surface area contributed by atoms with Crippen LogP contribution in [0.2, 0.25) is 0 Å². The molecule has 1 heterocycles. The molecule has 1 atom stereocenters. The van der Waals surface area contributed by atoms with E-state index in [4.69, 9.17) is 9.52 Å². The molecule has 1 aromatic heterocycles. The van der Waals surface area contributed by atoms with E-state index in [0.29, 0.717) is 12.8 Å². The molecule has 1 rings (SSSR count). The molecule has 1 amide bonds. The van der Waals surface area contributed by atoms with Gasteiger partial charge in [-0.1, -0.05) is 6.92 Å². The maximum Gasteiger partial charge on any atom is 0.308 e. The Balaban J connectivity index is 2.19. The number of amides is 1. The van der Waals surface area contributed by atoms with Crippen LogP contribution < -0.4 is 5.32 Å². The number of aryl methyl sites for hydroxylation is 1. The summed E-state index contributed by atoms with van der Waals surface area (Å²) >= 11 is 0. The number of hydrogen-bond acceptors (Lipinski definition) is 3. The van der Waals surface area contributed by atoms with Crippen molar-refractivity contribution in [2.75, 3.05) is 6.54 Å². The summed E-state index contributed by atoms with van der Waals surface area (Å²) in [6.45, 7) is 1.72. The number of carbonyl (C=O) groups excluding carboxylic acids is 1. The van der Waals surface area contributed by atoms with E-state index in [1.165, 1.54) is 0 Å². The van der Waals surface area contributed by atoms with Crippen LogP contribution >= 0.6 is 0 Å². The second-order valence-electron chi connectivity index (χ2n) is 3.67. The van der Waals surface area contributed by atoms with Gasteiger partial charge in [-0.2, -0.15) is 0 Å². The van der Waals surface area contributed by atoms with E-state index in [0.717, 1.165) is 5.56 Å². The largest absolute Gasteiger partial charge is 0.481 e. The molecule has 2 N–H and O–H groups in total. The molecule has 16 heavy (non-hydrogen) atoms. The first-order valence-electron chi connectivity index (χ1n) is 5.10. The molecule has 0 aliphatic rings. The lowest BCUT2D eigenvalue weighted by atomic mass is 10.1. The van der Waals surface area contributed by atoms with Gasteiger partial charge in [0.15, 0.2) is 0 Å². The standard InChI is InChI=1S/C11H15NO4/c1-8(11(14)15)6-12-10(13)3-2-9-4-5-16-7-9/h4-5,7-8H,2-3,6H2,1H3,(H,12,13)(H,14,15). The van der Waals surface area contributed by atoms with Gasteiger partial charge >= 0.3 is 5.97 Å². The fraction of sp³-hybridized carbons (Fsp3) is 0.455. The van der Waals surface area contributed by atoms with Gasteiger partial charge in [0, 0.05) is 13.0 Å². The fourth-order valence-electron chi connectivity index (χ4n) is 1.14. The Hall–Kier alpha value is -1.78. The smallest absolute Gasteiger partial charge is 0.308 e. The lowest BCUT2D eigenvalue weighted by molar-refractivity contribution is -0.141. The first kappa shape index (κ1) is 12.3. The van der Waals surface area contributed by atoms with Crippen LogP contribution in [0.4, 0.5) is 0 Å². The van der Waals surface area contributed by atoms with Crippen LogP contribution in [0.5, 0.6) is 0 Å². The van der Waals surface area contributed by atoms with Gasteiger partial charge in [-0.05, 0) is 18.1 Å². The molecule has 5 heteroatoms. The first-order valence-corrected chi connectivity index (χ1v) is 5.10. The summed E-state index contributed by atoms with van der Waals surface area (Å²) < 4.78 is 4.87. The van der Waals surface area contributed by atoms with Gasteiger partial charge in [0.05, 0.1) is 18.4 Å². The molecule has 1 aromatic rings. The Morgan fingerprint density at radius 3 is 2.88 bits per heavy atom. The van der Waals surface area contributed by atoms with Crippen LogP contribution in [0.25, 0.3) is 0 Å². The molecule has 0 saturated carbocycles. The summed E-state index contributed by atoms with van der Waals surface area (Å²) in [5.74, 6) is -1.61. The molecule has 0 bridgehead atoms. The Kier molecular flexibility index (Phi) is 4.57. The molecule has 0 radical (unpaired) electrons. The zero-order valence-corrected chi connectivity index (χ0v) is 9.10. The van der Waals surface area contributed by atoms with E-state index in [2.05, 4.69) is 5.32 Å². The Bertz CT molecular complexity index is 345. The van der Waals surface area contributed by atoms with Crippen LogP contribution in [-0.4, -0.2) is 23.5 Å². The van der Waals surface area contributed by atoms with Crippen LogP contribution in [0.1, 0.15) is 18.9 Å². The van der Waals surface area contributed by atoms with Crippen LogP contribution in [0.15, 0.2) is 23.0 Å². The van der Waals surface area contributed by atoms with E-state index >= 15 is 0 Å². The third-order valence-electron chi connectivity index (χ3n) is 2.25. The van der Waals surface area contributed by atoms with Gasteiger partial charge in [0.1, 0.15) is 0 Å². The molecule has 0 aromatic carbocycles. The average Bonchev–Trinajstić information content (AvgIpc) is 2.75. The highest BCUT2D eigenvalue weighted by molar-refractivity contribution is 5.77. The highest BCUT2D eigenvalue weighted by Gasteiger charge is 2.11. The molecule has 0 spiro atoms. The number of hydrogen-bond donors (Lipinski definition) is 2. The number of furan rings is 1. The molecule has 0 aliphatic carbocycles. The maximum absolute atomic E-state index is 11.3. The summed E-state index contributed by atoms with van der Waals surface area (Å²) in [7, 11) is 0. The molecule has 88 valence electrons. The number of nitrogens with one attached hydrogen (secondary N) is 1. The summed E-state index contributed by atoms with van der Waals surface area (Å²) in [4.78, 5) is 21.8. The third kappa shape index (κ3) is 4.16. The SMILES string of the molecule is CC(CNC(=O)CCc1ccoc1)C(=O)O. The number of aliphatic carboxylic acids is 1. The predicted octanol–water partition coefficient (Wildman–Crippen LogP) is 1.05. The normalized spacial score (nSPS) is 12.1. The molecule has 0 saturated heterocycles. The molecular weight excluding hydrogens is 210 g/mol. The quantitative estimate of drug-likeness (QED) is 0.758. The van der Waals surface area contributed by atoms with E-state index < -0.39 is 11.9 Å². The van der Waals surface area contributed by atoms with Crippen molar-refractivity contribution in [2.45, 2.75) is 19.8 Å². The Morgan fingerprint density at radius 2 is 2.31 bits per heavy atom. The Labute approximate surface area is 93.4 Å². The second kappa shape index (κ2) is 5.95. The number of carboxylic acids is 1. The van der Waals surface area contributed by atoms with Gasteiger partial charge in [-0.25, -0.2) is 0 Å². The summed E-state index contributed by atoms with van der Waals surface area (Å²) in [6, 6.07) is 1.80. The van der Waals surface area contributed by atoms with Crippen molar-refractivity contribution in [1.29, 1.82) is 0 Å². The van der Waals surface area contributed by atoms with Crippen molar-refractivity contribution in [3.05, 3.63) is 24.2 Å². The van der Waals surface area contributed by atoms with Crippen molar-refractivity contribution in [3.8, 4) is 0 Å². The van der Waals surface area contributed by atoms with Crippen LogP contribution in [-0.2, 0) is 16.0 Å². The van der Waals surface area contributed by atoms with Crippen molar-refractivity contribution >= 4 is 11.9 Å². The van der Waals surface area contributed by atoms with E-state index in [1.807, 2.05) is 0 Å². The van der Waals surface area contributed by atoms with Gasteiger partial charge in [0.2, 0.25) is 5.91 Å². The lowest BCUT2D eigenvalue weighted by Crippen LogP contribution is -2.31. The zero-order chi connectivity index (χ0) is 12.0. The van der Waals surface area contributed by atoms with Crippen molar-refractivity contribution in [2.24, 2.45) is 5.92 Å². The monoisotopic (exact) mass is 225 g/mol. The second-order valence-corrected chi connectivity index (χ2v) is 3.67. The maximum atomic E-state index is 11.3. The van der Waals surface area contributed by atoms with Gasteiger partial charge in [-0.3, -0.25) is 9.59 Å². The molecule has 5 nitrogen and oxygen atoms in total. The number of carboxylic acid groups (broad SMARTS) is 1. The fourth-order valence-corrected chi connectivity index (χ4v) is 1.14. The van der Waals surface area contributed by atoms with Gasteiger partial charge < -0.3 is 14.8 Å². The molecular formula is C11H15NO4. The van der Waals surface area contributed by atoms with Crippen molar-refractivity contribution in [3.63, 3.8) is 0 Å². The van der Waals surface area contributed by atoms with Gasteiger partial charge in [0.25, 0.3) is 0 Å². The minimum Gasteiger partial charge on any atom is -0.481 e. The minimum absolute atomic E-state index is 0.144.